The highest BCUT2D eigenvalue weighted by molar-refractivity contribution is 6.23. The number of hydrogen-bond acceptors (Lipinski definition) is 9. The van der Waals surface area contributed by atoms with Gasteiger partial charge in [0.25, 0.3) is 0 Å². The molecule has 0 bridgehead atoms. The second kappa shape index (κ2) is 7.88. The summed E-state index contributed by atoms with van der Waals surface area (Å²) in [5.41, 5.74) is 1.36. The summed E-state index contributed by atoms with van der Waals surface area (Å²) in [5, 5.41) is 11.0. The van der Waals surface area contributed by atoms with Crippen LogP contribution in [0.25, 0.3) is 0 Å². The molecule has 0 aromatic heterocycles. The third kappa shape index (κ3) is 6.95. The normalized spacial score (nSPS) is 14.1. The molecular weight excluding hydrogens is 282 g/mol. The molecule has 9 heteroatoms. The molecule has 1 aliphatic rings. The molecule has 1 aliphatic carbocycles. The van der Waals surface area contributed by atoms with Gasteiger partial charge in [-0.15, -0.1) is 0 Å². The SMILES string of the molecule is CC(=O)ON=C1CC(=NOC(C)=O)CC(=NOC(C)=O)C1. The Hall–Kier alpha value is -2.58. The van der Waals surface area contributed by atoms with E-state index in [-0.39, 0.29) is 19.3 Å². The fourth-order valence-electron chi connectivity index (χ4n) is 1.47. The molecule has 0 saturated heterocycles. The maximum absolute atomic E-state index is 10.8. The van der Waals surface area contributed by atoms with E-state index in [1.807, 2.05) is 0 Å². The first-order valence-corrected chi connectivity index (χ1v) is 6.06. The van der Waals surface area contributed by atoms with Gasteiger partial charge in [-0.2, -0.15) is 0 Å². The highest BCUT2D eigenvalue weighted by Gasteiger charge is 2.21. The van der Waals surface area contributed by atoms with E-state index in [1.165, 1.54) is 20.8 Å². The van der Waals surface area contributed by atoms with Gasteiger partial charge in [-0.3, -0.25) is 0 Å². The molecule has 9 nitrogen and oxygen atoms in total. The molecule has 114 valence electrons. The first-order valence-electron chi connectivity index (χ1n) is 6.06. The number of carbonyl (C=O) groups excluding carboxylic acids is 3. The monoisotopic (exact) mass is 297 g/mol. The predicted octanol–water partition coefficient (Wildman–Crippen LogP) is 0.928. The van der Waals surface area contributed by atoms with Gasteiger partial charge in [-0.25, -0.2) is 14.4 Å². The minimum absolute atomic E-state index is 0.264. The molecule has 0 heterocycles. The van der Waals surface area contributed by atoms with Crippen molar-refractivity contribution in [2.75, 3.05) is 0 Å². The van der Waals surface area contributed by atoms with Crippen LogP contribution in [-0.4, -0.2) is 35.0 Å². The van der Waals surface area contributed by atoms with Crippen molar-refractivity contribution >= 4 is 35.0 Å². The van der Waals surface area contributed by atoms with Crippen molar-refractivity contribution in [3.63, 3.8) is 0 Å². The lowest BCUT2D eigenvalue weighted by atomic mass is 9.95. The number of rotatable bonds is 3. The summed E-state index contributed by atoms with van der Waals surface area (Å²) in [6.45, 7) is 3.65. The predicted molar refractivity (Wildman–Crippen MR) is 71.5 cm³/mol. The summed E-state index contributed by atoms with van der Waals surface area (Å²) in [5.74, 6) is -1.69. The lowest BCUT2D eigenvalue weighted by molar-refractivity contribution is -0.141. The Bertz CT molecular complexity index is 447. The van der Waals surface area contributed by atoms with Gasteiger partial charge in [0.1, 0.15) is 0 Å². The zero-order valence-corrected chi connectivity index (χ0v) is 11.9. The second-order valence-corrected chi connectivity index (χ2v) is 4.25. The summed E-state index contributed by atoms with van der Waals surface area (Å²) >= 11 is 0. The van der Waals surface area contributed by atoms with Crippen LogP contribution < -0.4 is 0 Å². The molecular formula is C12H15N3O6. The van der Waals surface area contributed by atoms with Gasteiger partial charge in [-0.05, 0) is 0 Å². The van der Waals surface area contributed by atoms with Crippen LogP contribution in [0.4, 0.5) is 0 Å². The van der Waals surface area contributed by atoms with Crippen LogP contribution in [0.5, 0.6) is 0 Å². The second-order valence-electron chi connectivity index (χ2n) is 4.25. The van der Waals surface area contributed by atoms with E-state index in [4.69, 9.17) is 0 Å². The van der Waals surface area contributed by atoms with E-state index in [2.05, 4.69) is 30.0 Å². The van der Waals surface area contributed by atoms with Gasteiger partial charge < -0.3 is 14.5 Å². The summed E-state index contributed by atoms with van der Waals surface area (Å²) in [4.78, 5) is 45.9. The molecule has 0 N–H and O–H groups in total. The van der Waals surface area contributed by atoms with Gasteiger partial charge >= 0.3 is 17.9 Å². The molecule has 0 unspecified atom stereocenters. The average Bonchev–Trinajstić information content (AvgIpc) is 2.40. The van der Waals surface area contributed by atoms with Gasteiger partial charge in [0.2, 0.25) is 0 Å². The molecule has 0 aliphatic heterocycles. The van der Waals surface area contributed by atoms with Crippen LogP contribution in [0.1, 0.15) is 40.0 Å². The minimum atomic E-state index is -0.565. The van der Waals surface area contributed by atoms with Crippen LogP contribution in [0, 0.1) is 0 Å². The van der Waals surface area contributed by atoms with E-state index >= 15 is 0 Å². The third-order valence-corrected chi connectivity index (χ3v) is 2.13. The highest BCUT2D eigenvalue weighted by atomic mass is 16.7. The maximum atomic E-state index is 10.8. The van der Waals surface area contributed by atoms with Crippen LogP contribution in [0.2, 0.25) is 0 Å². The van der Waals surface area contributed by atoms with Crippen molar-refractivity contribution in [3.05, 3.63) is 0 Å². The Morgan fingerprint density at radius 2 is 0.905 bits per heavy atom. The topological polar surface area (TPSA) is 116 Å². The molecule has 0 aromatic carbocycles. The summed E-state index contributed by atoms with van der Waals surface area (Å²) in [7, 11) is 0. The van der Waals surface area contributed by atoms with E-state index < -0.39 is 17.9 Å². The van der Waals surface area contributed by atoms with E-state index in [1.54, 1.807) is 0 Å². The van der Waals surface area contributed by atoms with Crippen molar-refractivity contribution in [2.24, 2.45) is 15.5 Å². The molecule has 0 spiro atoms. The lowest BCUT2D eigenvalue weighted by Gasteiger charge is -2.15. The summed E-state index contributed by atoms with van der Waals surface area (Å²) < 4.78 is 0. The van der Waals surface area contributed by atoms with Crippen molar-refractivity contribution in [1.82, 2.24) is 0 Å². The summed E-state index contributed by atoms with van der Waals surface area (Å²) in [6, 6.07) is 0. The van der Waals surface area contributed by atoms with E-state index in [0.717, 1.165) is 0 Å². The molecule has 1 rings (SSSR count). The maximum Gasteiger partial charge on any atom is 0.331 e. The van der Waals surface area contributed by atoms with Crippen LogP contribution in [0.3, 0.4) is 0 Å². The highest BCUT2D eigenvalue weighted by Crippen LogP contribution is 2.13. The standard InChI is InChI=1S/C12H15N3O6/c1-7(16)19-13-10-4-11(14-20-8(2)17)6-12(5-10)15-21-9(3)18/h4-6H2,1-3H3. The third-order valence-electron chi connectivity index (χ3n) is 2.13. The smallest absolute Gasteiger partial charge is 0.319 e. The molecule has 0 amide bonds. The zero-order chi connectivity index (χ0) is 15.8. The number of carbonyl (C=O) groups is 3. The van der Waals surface area contributed by atoms with Crippen LogP contribution in [0.15, 0.2) is 15.5 Å². The molecule has 0 radical (unpaired) electrons. The average molecular weight is 297 g/mol. The minimum Gasteiger partial charge on any atom is -0.319 e. The Balaban J connectivity index is 2.87. The van der Waals surface area contributed by atoms with Crippen LogP contribution >= 0.6 is 0 Å². The van der Waals surface area contributed by atoms with Crippen molar-refractivity contribution in [1.29, 1.82) is 0 Å². The largest absolute Gasteiger partial charge is 0.331 e. The Morgan fingerprint density at radius 3 is 1.10 bits per heavy atom. The lowest BCUT2D eigenvalue weighted by Crippen LogP contribution is -2.24. The number of nitrogens with zero attached hydrogens (tertiary/aromatic N) is 3. The van der Waals surface area contributed by atoms with Crippen molar-refractivity contribution in [2.45, 2.75) is 40.0 Å². The first kappa shape index (κ1) is 16.5. The van der Waals surface area contributed by atoms with Gasteiger partial charge in [0, 0.05) is 40.0 Å². The van der Waals surface area contributed by atoms with Gasteiger partial charge in [0.15, 0.2) is 0 Å². The number of oxime groups is 3. The van der Waals surface area contributed by atoms with E-state index in [9.17, 15) is 14.4 Å². The number of hydrogen-bond donors (Lipinski definition) is 0. The molecule has 1 fully saturated rings. The van der Waals surface area contributed by atoms with Crippen molar-refractivity contribution in [3.8, 4) is 0 Å². The Morgan fingerprint density at radius 1 is 0.667 bits per heavy atom. The fraction of sp³-hybridized carbons (Fsp3) is 0.500. The Labute approximate surface area is 120 Å². The quantitative estimate of drug-likeness (QED) is 0.565. The zero-order valence-electron chi connectivity index (χ0n) is 11.9. The summed E-state index contributed by atoms with van der Waals surface area (Å²) in [6.07, 6.45) is 0.791. The molecule has 0 atom stereocenters. The van der Waals surface area contributed by atoms with Gasteiger partial charge in [0.05, 0.1) is 17.1 Å². The van der Waals surface area contributed by atoms with Gasteiger partial charge in [-0.1, -0.05) is 15.5 Å². The molecule has 1 saturated carbocycles. The fourth-order valence-corrected chi connectivity index (χ4v) is 1.47. The van der Waals surface area contributed by atoms with Crippen LogP contribution in [-0.2, 0) is 28.9 Å². The molecule has 0 aromatic rings. The van der Waals surface area contributed by atoms with Crippen molar-refractivity contribution < 1.29 is 28.9 Å². The Kier molecular flexibility index (Phi) is 6.18. The molecule has 21 heavy (non-hydrogen) atoms. The van der Waals surface area contributed by atoms with E-state index in [0.29, 0.717) is 17.1 Å². The first-order chi connectivity index (χ1) is 9.86.